The van der Waals surface area contributed by atoms with E-state index in [4.69, 9.17) is 22.1 Å². The largest absolute Gasteiger partial charge is 0.493 e. The number of para-hydroxylation sites is 1. The molecule has 0 saturated carbocycles. The Kier molecular flexibility index (Phi) is 3.99. The lowest BCUT2D eigenvalue weighted by Crippen LogP contribution is -1.99. The Morgan fingerprint density at radius 3 is 2.83 bits per heavy atom. The lowest BCUT2D eigenvalue weighted by atomic mass is 10.1. The molecule has 2 aromatic rings. The van der Waals surface area contributed by atoms with E-state index in [2.05, 4.69) is 16.9 Å². The normalized spacial score (nSPS) is 10.3. The van der Waals surface area contributed by atoms with Crippen molar-refractivity contribution in [3.63, 3.8) is 0 Å². The van der Waals surface area contributed by atoms with Gasteiger partial charge < -0.3 is 10.5 Å². The first-order valence-electron chi connectivity index (χ1n) is 5.72. The zero-order chi connectivity index (χ0) is 13.0. The second-order valence-electron chi connectivity index (χ2n) is 3.77. The van der Waals surface area contributed by atoms with Crippen LogP contribution in [0.25, 0.3) is 11.3 Å². The molecular weight excluding hydrogens is 250 g/mol. The number of hydrogen-bond donors (Lipinski definition) is 1. The van der Waals surface area contributed by atoms with E-state index in [1.54, 1.807) is 0 Å². The molecule has 1 aromatic carbocycles. The Bertz CT molecular complexity index is 546. The number of aromatic nitrogens is 2. The number of halogens is 1. The zero-order valence-corrected chi connectivity index (χ0v) is 10.8. The number of ether oxygens (including phenoxy) is 1. The van der Waals surface area contributed by atoms with Gasteiger partial charge in [0.05, 0.1) is 12.3 Å². The Labute approximate surface area is 111 Å². The summed E-state index contributed by atoms with van der Waals surface area (Å²) in [6.07, 6.45) is 2.33. The number of anilines is 1. The van der Waals surface area contributed by atoms with Gasteiger partial charge in [-0.05, 0) is 18.6 Å². The van der Waals surface area contributed by atoms with Crippen LogP contribution in [0.5, 0.6) is 5.75 Å². The molecule has 2 rings (SSSR count). The van der Waals surface area contributed by atoms with E-state index in [9.17, 15) is 0 Å². The van der Waals surface area contributed by atoms with Crippen LogP contribution in [-0.4, -0.2) is 16.6 Å². The van der Waals surface area contributed by atoms with E-state index in [0.29, 0.717) is 17.3 Å². The highest BCUT2D eigenvalue weighted by atomic mass is 35.5. The molecule has 0 aliphatic rings. The summed E-state index contributed by atoms with van der Waals surface area (Å²) in [6.45, 7) is 2.70. The maximum absolute atomic E-state index is 6.13. The quantitative estimate of drug-likeness (QED) is 0.920. The average molecular weight is 264 g/mol. The lowest BCUT2D eigenvalue weighted by molar-refractivity contribution is 0.318. The first-order chi connectivity index (χ1) is 8.74. The standard InChI is InChI=1S/C13H14ClN3O/c1-2-7-18-10-6-4-3-5-9(10)12-11(14)13(15)17-8-16-12/h3-6,8H,2,7H2,1H3,(H2,15,16,17). The molecule has 5 heteroatoms. The molecule has 0 bridgehead atoms. The fourth-order valence-electron chi connectivity index (χ4n) is 1.57. The second kappa shape index (κ2) is 5.69. The van der Waals surface area contributed by atoms with E-state index in [1.165, 1.54) is 6.33 Å². The van der Waals surface area contributed by atoms with E-state index >= 15 is 0 Å². The van der Waals surface area contributed by atoms with Crippen LogP contribution in [0.15, 0.2) is 30.6 Å². The summed E-state index contributed by atoms with van der Waals surface area (Å²) in [5.74, 6) is 1.02. The van der Waals surface area contributed by atoms with Crippen molar-refractivity contribution in [2.75, 3.05) is 12.3 Å². The van der Waals surface area contributed by atoms with Gasteiger partial charge in [-0.3, -0.25) is 0 Å². The minimum atomic E-state index is 0.270. The molecule has 18 heavy (non-hydrogen) atoms. The summed E-state index contributed by atoms with van der Waals surface area (Å²) < 4.78 is 5.68. The molecule has 0 atom stereocenters. The summed E-state index contributed by atoms with van der Waals surface area (Å²) in [5, 5.41) is 0.352. The molecule has 0 aliphatic carbocycles. The molecule has 0 radical (unpaired) electrons. The number of nitrogen functional groups attached to an aromatic ring is 1. The van der Waals surface area contributed by atoms with E-state index in [-0.39, 0.29) is 5.82 Å². The maximum atomic E-state index is 6.13. The van der Waals surface area contributed by atoms with Gasteiger partial charge in [-0.15, -0.1) is 0 Å². The highest BCUT2D eigenvalue weighted by Gasteiger charge is 2.13. The molecule has 0 aliphatic heterocycles. The van der Waals surface area contributed by atoms with Gasteiger partial charge in [-0.2, -0.15) is 0 Å². The van der Waals surface area contributed by atoms with Crippen molar-refractivity contribution in [2.45, 2.75) is 13.3 Å². The number of nitrogens with two attached hydrogens (primary N) is 1. The molecule has 0 spiro atoms. The number of rotatable bonds is 4. The number of benzene rings is 1. The number of hydrogen-bond acceptors (Lipinski definition) is 4. The molecule has 4 nitrogen and oxygen atoms in total. The van der Waals surface area contributed by atoms with Crippen molar-refractivity contribution in [3.8, 4) is 17.0 Å². The van der Waals surface area contributed by atoms with Gasteiger partial charge in [-0.25, -0.2) is 9.97 Å². The summed E-state index contributed by atoms with van der Waals surface area (Å²) in [4.78, 5) is 8.03. The monoisotopic (exact) mass is 263 g/mol. The van der Waals surface area contributed by atoms with Crippen LogP contribution in [0.1, 0.15) is 13.3 Å². The molecule has 94 valence electrons. The predicted octanol–water partition coefficient (Wildman–Crippen LogP) is 3.17. The van der Waals surface area contributed by atoms with Crippen molar-refractivity contribution in [2.24, 2.45) is 0 Å². The van der Waals surface area contributed by atoms with Crippen LogP contribution in [0.2, 0.25) is 5.02 Å². The van der Waals surface area contributed by atoms with Crippen LogP contribution in [0, 0.1) is 0 Å². The molecule has 0 unspecified atom stereocenters. The Morgan fingerprint density at radius 2 is 2.06 bits per heavy atom. The van der Waals surface area contributed by atoms with Gasteiger partial charge in [0.15, 0.2) is 0 Å². The zero-order valence-electron chi connectivity index (χ0n) is 10.1. The van der Waals surface area contributed by atoms with Gasteiger partial charge in [0.1, 0.15) is 22.9 Å². The van der Waals surface area contributed by atoms with Crippen molar-refractivity contribution in [1.82, 2.24) is 9.97 Å². The second-order valence-corrected chi connectivity index (χ2v) is 4.14. The minimum Gasteiger partial charge on any atom is -0.493 e. The van der Waals surface area contributed by atoms with E-state index in [1.807, 2.05) is 24.3 Å². The van der Waals surface area contributed by atoms with E-state index < -0.39 is 0 Å². The van der Waals surface area contributed by atoms with Gasteiger partial charge in [0.25, 0.3) is 0 Å². The van der Waals surface area contributed by atoms with Gasteiger partial charge in [0, 0.05) is 5.56 Å². The first kappa shape index (κ1) is 12.6. The molecule has 0 saturated heterocycles. The molecule has 2 N–H and O–H groups in total. The Balaban J connectivity index is 2.46. The molecular formula is C13H14ClN3O. The van der Waals surface area contributed by atoms with Gasteiger partial charge >= 0.3 is 0 Å². The summed E-state index contributed by atoms with van der Waals surface area (Å²) in [6, 6.07) is 7.61. The highest BCUT2D eigenvalue weighted by Crippen LogP contribution is 2.34. The number of nitrogens with zero attached hydrogens (tertiary/aromatic N) is 2. The van der Waals surface area contributed by atoms with Crippen molar-refractivity contribution < 1.29 is 4.74 Å². The van der Waals surface area contributed by atoms with Gasteiger partial charge in [0.2, 0.25) is 0 Å². The van der Waals surface area contributed by atoms with Crippen LogP contribution in [0.3, 0.4) is 0 Å². The van der Waals surface area contributed by atoms with Crippen molar-refractivity contribution in [3.05, 3.63) is 35.6 Å². The predicted molar refractivity (Wildman–Crippen MR) is 72.7 cm³/mol. The topological polar surface area (TPSA) is 61.0 Å². The third-order valence-corrected chi connectivity index (χ3v) is 2.79. The van der Waals surface area contributed by atoms with Crippen LogP contribution < -0.4 is 10.5 Å². The molecule has 0 amide bonds. The van der Waals surface area contributed by atoms with Crippen LogP contribution in [-0.2, 0) is 0 Å². The van der Waals surface area contributed by atoms with Crippen molar-refractivity contribution in [1.29, 1.82) is 0 Å². The fourth-order valence-corrected chi connectivity index (χ4v) is 1.77. The van der Waals surface area contributed by atoms with Crippen molar-refractivity contribution >= 4 is 17.4 Å². The van der Waals surface area contributed by atoms with Crippen LogP contribution >= 0.6 is 11.6 Å². The molecule has 1 heterocycles. The van der Waals surface area contributed by atoms with E-state index in [0.717, 1.165) is 17.7 Å². The summed E-state index contributed by atoms with van der Waals surface area (Å²) in [7, 11) is 0. The maximum Gasteiger partial charge on any atom is 0.146 e. The third-order valence-electron chi connectivity index (χ3n) is 2.42. The summed E-state index contributed by atoms with van der Waals surface area (Å²) >= 11 is 6.13. The molecule has 0 fully saturated rings. The summed E-state index contributed by atoms with van der Waals surface area (Å²) in [5.41, 5.74) is 7.10. The molecule has 1 aromatic heterocycles. The van der Waals surface area contributed by atoms with Crippen LogP contribution in [0.4, 0.5) is 5.82 Å². The third kappa shape index (κ3) is 2.54. The Morgan fingerprint density at radius 1 is 1.28 bits per heavy atom. The fraction of sp³-hybridized carbons (Fsp3) is 0.231. The average Bonchev–Trinajstić information content (AvgIpc) is 2.40. The smallest absolute Gasteiger partial charge is 0.146 e. The minimum absolute atomic E-state index is 0.270. The highest BCUT2D eigenvalue weighted by molar-refractivity contribution is 6.35. The van der Waals surface area contributed by atoms with Gasteiger partial charge in [-0.1, -0.05) is 30.7 Å². The lowest BCUT2D eigenvalue weighted by Gasteiger charge is -2.11. The first-order valence-corrected chi connectivity index (χ1v) is 6.10. The Hall–Kier alpha value is -1.81. The SMILES string of the molecule is CCCOc1ccccc1-c1ncnc(N)c1Cl.